The summed E-state index contributed by atoms with van der Waals surface area (Å²) in [4.78, 5) is 14.2. The summed E-state index contributed by atoms with van der Waals surface area (Å²) in [6, 6.07) is 9.64. The Hall–Kier alpha value is -2.26. The highest BCUT2D eigenvalue weighted by molar-refractivity contribution is 7.89. The van der Waals surface area contributed by atoms with E-state index in [1.165, 1.54) is 28.6 Å². The summed E-state index contributed by atoms with van der Waals surface area (Å²) in [6.07, 6.45) is 3.17. The Balaban J connectivity index is 1.38. The van der Waals surface area contributed by atoms with E-state index >= 15 is 0 Å². The summed E-state index contributed by atoms with van der Waals surface area (Å²) in [7, 11) is -3.70. The molecule has 1 fully saturated rings. The quantitative estimate of drug-likeness (QED) is 0.643. The van der Waals surface area contributed by atoms with Gasteiger partial charge in [-0.2, -0.15) is 4.31 Å². The number of benzene rings is 2. The van der Waals surface area contributed by atoms with E-state index in [0.29, 0.717) is 29.6 Å². The fourth-order valence-electron chi connectivity index (χ4n) is 3.22. The number of hydrogen-bond donors (Lipinski definition) is 0. The average molecular weight is 469 g/mol. The minimum atomic E-state index is -3.70. The Kier molecular flexibility index (Phi) is 5.92. The number of hydrogen-bond acceptors (Lipinski definition) is 5. The van der Waals surface area contributed by atoms with Crippen LogP contribution in [0, 0.1) is 0 Å². The molecule has 0 atom stereocenters. The maximum Gasteiger partial charge on any atom is 0.246 e. The van der Waals surface area contributed by atoms with Crippen molar-refractivity contribution in [2.75, 3.05) is 33.0 Å². The van der Waals surface area contributed by atoms with Gasteiger partial charge in [0.1, 0.15) is 0 Å². The molecule has 1 saturated heterocycles. The first-order valence-corrected chi connectivity index (χ1v) is 11.4. The van der Waals surface area contributed by atoms with Gasteiger partial charge in [0.05, 0.1) is 14.9 Å². The Morgan fingerprint density at radius 1 is 0.933 bits per heavy atom. The molecule has 1 amide bonds. The van der Waals surface area contributed by atoms with E-state index in [1.54, 1.807) is 23.1 Å². The maximum absolute atomic E-state index is 12.8. The number of rotatable bonds is 4. The van der Waals surface area contributed by atoms with Gasteiger partial charge in [0.15, 0.2) is 11.5 Å². The van der Waals surface area contributed by atoms with E-state index in [2.05, 4.69) is 0 Å². The Morgan fingerprint density at radius 2 is 1.67 bits per heavy atom. The summed E-state index contributed by atoms with van der Waals surface area (Å²) in [5, 5.41) is 0.473. The number of ether oxygens (including phenoxy) is 2. The molecule has 158 valence electrons. The third-order valence-electron chi connectivity index (χ3n) is 4.89. The predicted molar refractivity (Wildman–Crippen MR) is 113 cm³/mol. The lowest BCUT2D eigenvalue weighted by Crippen LogP contribution is -2.50. The molecule has 2 aliphatic rings. The summed E-state index contributed by atoms with van der Waals surface area (Å²) < 4.78 is 37.6. The van der Waals surface area contributed by atoms with Crippen LogP contribution in [-0.4, -0.2) is 56.5 Å². The largest absolute Gasteiger partial charge is 0.454 e. The molecule has 0 unspecified atom stereocenters. The second kappa shape index (κ2) is 8.47. The van der Waals surface area contributed by atoms with Crippen molar-refractivity contribution in [1.82, 2.24) is 9.21 Å². The first kappa shape index (κ1) is 21.0. The number of fused-ring (bicyclic) bond motifs is 1. The van der Waals surface area contributed by atoms with Crippen molar-refractivity contribution in [3.05, 3.63) is 58.1 Å². The molecule has 0 bridgehead atoms. The van der Waals surface area contributed by atoms with Crippen LogP contribution in [-0.2, 0) is 14.8 Å². The Bertz CT molecular complexity index is 1110. The second-order valence-electron chi connectivity index (χ2n) is 6.75. The zero-order valence-corrected chi connectivity index (χ0v) is 18.1. The van der Waals surface area contributed by atoms with Crippen molar-refractivity contribution in [3.8, 4) is 11.5 Å². The van der Waals surface area contributed by atoms with Crippen molar-refractivity contribution >= 4 is 45.2 Å². The molecule has 0 saturated carbocycles. The molecule has 30 heavy (non-hydrogen) atoms. The molecule has 4 rings (SSSR count). The first-order valence-electron chi connectivity index (χ1n) is 9.16. The number of amides is 1. The third-order valence-corrected chi connectivity index (χ3v) is 7.53. The average Bonchev–Trinajstić information content (AvgIpc) is 3.22. The van der Waals surface area contributed by atoms with E-state index in [-0.39, 0.29) is 35.7 Å². The van der Waals surface area contributed by atoms with Crippen LogP contribution in [0.15, 0.2) is 47.4 Å². The topological polar surface area (TPSA) is 76.2 Å². The summed E-state index contributed by atoms with van der Waals surface area (Å²) in [5.74, 6) is 1.14. The smallest absolute Gasteiger partial charge is 0.246 e. The van der Waals surface area contributed by atoms with Crippen molar-refractivity contribution in [3.63, 3.8) is 0 Å². The van der Waals surface area contributed by atoms with Crippen LogP contribution in [0.5, 0.6) is 11.5 Å². The molecule has 2 heterocycles. The van der Waals surface area contributed by atoms with Crippen LogP contribution < -0.4 is 9.47 Å². The highest BCUT2D eigenvalue weighted by Crippen LogP contribution is 2.33. The minimum Gasteiger partial charge on any atom is -0.454 e. The molecule has 0 radical (unpaired) electrons. The van der Waals surface area contributed by atoms with Gasteiger partial charge in [-0.1, -0.05) is 29.3 Å². The maximum atomic E-state index is 12.8. The van der Waals surface area contributed by atoms with E-state index in [9.17, 15) is 13.2 Å². The molecule has 10 heteroatoms. The predicted octanol–water partition coefficient (Wildman–Crippen LogP) is 3.27. The van der Waals surface area contributed by atoms with Crippen LogP contribution in [0.3, 0.4) is 0 Å². The monoisotopic (exact) mass is 468 g/mol. The van der Waals surface area contributed by atoms with Gasteiger partial charge < -0.3 is 14.4 Å². The molecular formula is C20H18Cl2N2O5S. The van der Waals surface area contributed by atoms with E-state index in [4.69, 9.17) is 32.7 Å². The van der Waals surface area contributed by atoms with Crippen LogP contribution in [0.1, 0.15) is 5.56 Å². The Labute approximate surface area is 184 Å². The highest BCUT2D eigenvalue weighted by atomic mass is 35.5. The van der Waals surface area contributed by atoms with Gasteiger partial charge in [0.25, 0.3) is 0 Å². The number of sulfonamides is 1. The first-order chi connectivity index (χ1) is 14.3. The summed E-state index contributed by atoms with van der Waals surface area (Å²) in [6.45, 7) is 1.19. The third kappa shape index (κ3) is 4.27. The zero-order valence-electron chi connectivity index (χ0n) is 15.8. The second-order valence-corrected chi connectivity index (χ2v) is 9.50. The molecular weight excluding hydrogens is 451 g/mol. The minimum absolute atomic E-state index is 0.0828. The van der Waals surface area contributed by atoms with E-state index < -0.39 is 10.0 Å². The normalized spacial score (nSPS) is 16.9. The lowest BCUT2D eigenvalue weighted by Gasteiger charge is -2.33. The van der Waals surface area contributed by atoms with Crippen LogP contribution in [0.2, 0.25) is 10.0 Å². The number of nitrogens with zero attached hydrogens (tertiary/aromatic N) is 2. The van der Waals surface area contributed by atoms with Crippen LogP contribution in [0.25, 0.3) is 6.08 Å². The number of carbonyl (C=O) groups excluding carboxylic acids is 1. The van der Waals surface area contributed by atoms with Gasteiger partial charge in [0, 0.05) is 32.3 Å². The zero-order chi connectivity index (χ0) is 21.3. The molecule has 0 N–H and O–H groups in total. The Morgan fingerprint density at radius 3 is 2.40 bits per heavy atom. The fourth-order valence-corrected chi connectivity index (χ4v) is 5.04. The SMILES string of the molecule is O=C(/C=C/c1ccc2c(c1)OCO2)N1CCN(S(=O)(=O)c2ccc(Cl)c(Cl)c2)CC1. The number of carbonyl (C=O) groups is 1. The molecule has 7 nitrogen and oxygen atoms in total. The van der Waals surface area contributed by atoms with Gasteiger partial charge in [0.2, 0.25) is 22.7 Å². The van der Waals surface area contributed by atoms with Crippen molar-refractivity contribution in [2.45, 2.75) is 4.90 Å². The van der Waals surface area contributed by atoms with Gasteiger partial charge in [-0.3, -0.25) is 4.79 Å². The van der Waals surface area contributed by atoms with E-state index in [0.717, 1.165) is 5.56 Å². The molecule has 0 spiro atoms. The van der Waals surface area contributed by atoms with Crippen molar-refractivity contribution in [1.29, 1.82) is 0 Å². The van der Waals surface area contributed by atoms with Crippen LogP contribution >= 0.6 is 23.2 Å². The van der Waals surface area contributed by atoms with Gasteiger partial charge in [-0.25, -0.2) is 8.42 Å². The van der Waals surface area contributed by atoms with E-state index in [1.807, 2.05) is 6.07 Å². The lowest BCUT2D eigenvalue weighted by atomic mass is 10.2. The highest BCUT2D eigenvalue weighted by Gasteiger charge is 2.30. The standard InChI is InChI=1S/C20H18Cl2N2O5S/c21-16-4-3-15(12-17(16)22)30(26,27)24-9-7-23(8-10-24)20(25)6-2-14-1-5-18-19(11-14)29-13-28-18/h1-6,11-12H,7-10,13H2/b6-2+. The molecule has 0 aromatic heterocycles. The van der Waals surface area contributed by atoms with Crippen molar-refractivity contribution in [2.24, 2.45) is 0 Å². The van der Waals surface area contributed by atoms with Gasteiger partial charge in [-0.05, 0) is 42.0 Å². The van der Waals surface area contributed by atoms with Gasteiger partial charge in [-0.15, -0.1) is 0 Å². The molecule has 2 aromatic carbocycles. The molecule has 2 aliphatic heterocycles. The van der Waals surface area contributed by atoms with Crippen LogP contribution in [0.4, 0.5) is 0 Å². The lowest BCUT2D eigenvalue weighted by molar-refractivity contribution is -0.127. The van der Waals surface area contributed by atoms with Gasteiger partial charge >= 0.3 is 0 Å². The molecule has 0 aliphatic carbocycles. The summed E-state index contributed by atoms with van der Waals surface area (Å²) in [5.41, 5.74) is 0.813. The van der Waals surface area contributed by atoms with Crippen molar-refractivity contribution < 1.29 is 22.7 Å². The molecule has 2 aromatic rings. The summed E-state index contributed by atoms with van der Waals surface area (Å²) >= 11 is 11.8. The number of piperazine rings is 1. The number of halogens is 2. The fraction of sp³-hybridized carbons (Fsp3) is 0.250.